The van der Waals surface area contributed by atoms with E-state index in [9.17, 15) is 4.79 Å². The van der Waals surface area contributed by atoms with E-state index in [1.165, 1.54) is 0 Å². The van der Waals surface area contributed by atoms with E-state index in [0.717, 1.165) is 51.1 Å². The van der Waals surface area contributed by atoms with Gasteiger partial charge < -0.3 is 14.2 Å². The van der Waals surface area contributed by atoms with Gasteiger partial charge in [-0.25, -0.2) is 0 Å². The van der Waals surface area contributed by atoms with Crippen molar-refractivity contribution in [2.45, 2.75) is 51.7 Å². The van der Waals surface area contributed by atoms with Crippen LogP contribution in [0.1, 0.15) is 39.0 Å². The predicted octanol–water partition coefficient (Wildman–Crippen LogP) is 3.67. The number of halogens is 1. The van der Waals surface area contributed by atoms with Crippen LogP contribution in [0, 0.1) is 5.92 Å². The molecule has 31 heavy (non-hydrogen) atoms. The van der Waals surface area contributed by atoms with Gasteiger partial charge in [0.25, 0.3) is 0 Å². The largest absolute Gasteiger partial charge is 0.373 e. The average molecular weight is 447 g/mol. The number of morpholine rings is 1. The molecule has 0 spiro atoms. The maximum absolute atomic E-state index is 12.7. The molecule has 168 valence electrons. The molecule has 1 aromatic heterocycles. The second-order valence-electron chi connectivity index (χ2n) is 8.82. The van der Waals surface area contributed by atoms with E-state index < -0.39 is 0 Å². The fourth-order valence-corrected chi connectivity index (χ4v) is 4.73. The Kier molecular flexibility index (Phi) is 7.25. The minimum atomic E-state index is 0.165. The van der Waals surface area contributed by atoms with E-state index in [2.05, 4.69) is 28.9 Å². The number of piperidine rings is 1. The van der Waals surface area contributed by atoms with Gasteiger partial charge in [-0.2, -0.15) is 4.98 Å². The van der Waals surface area contributed by atoms with Crippen molar-refractivity contribution in [1.29, 1.82) is 0 Å². The molecule has 0 bridgehead atoms. The first-order chi connectivity index (χ1) is 15.0. The molecule has 1 aromatic carbocycles. The molecule has 1 amide bonds. The lowest BCUT2D eigenvalue weighted by atomic mass is 9.95. The maximum Gasteiger partial charge on any atom is 0.227 e. The number of ether oxygens (including phenoxy) is 1. The van der Waals surface area contributed by atoms with Crippen LogP contribution in [-0.2, 0) is 16.0 Å². The van der Waals surface area contributed by atoms with Crippen LogP contribution in [0.15, 0.2) is 28.8 Å². The summed E-state index contributed by atoms with van der Waals surface area (Å²) < 4.78 is 11.2. The van der Waals surface area contributed by atoms with E-state index in [-0.39, 0.29) is 5.91 Å². The predicted molar refractivity (Wildman–Crippen MR) is 119 cm³/mol. The molecule has 4 rings (SSSR count). The van der Waals surface area contributed by atoms with Crippen LogP contribution in [0.2, 0.25) is 5.02 Å². The third-order valence-electron chi connectivity index (χ3n) is 6.10. The molecule has 0 N–H and O–H groups in total. The first-order valence-electron chi connectivity index (χ1n) is 11.2. The standard InChI is InChI=1S/C23H31ClN4O3/c1-16-13-27(14-17(2)30-16)15-18-9-11-28(12-10-18)22(29)8-7-21-25-23(26-31-21)19-3-5-20(24)6-4-19/h3-6,16-18H,7-15H2,1-2H3. The van der Waals surface area contributed by atoms with E-state index in [1.807, 2.05) is 17.0 Å². The van der Waals surface area contributed by atoms with Crippen LogP contribution in [0.5, 0.6) is 0 Å². The fourth-order valence-electron chi connectivity index (χ4n) is 4.61. The summed E-state index contributed by atoms with van der Waals surface area (Å²) in [5.41, 5.74) is 0.844. The average Bonchev–Trinajstić information content (AvgIpc) is 3.21. The molecular formula is C23H31ClN4O3. The first kappa shape index (κ1) is 22.2. The highest BCUT2D eigenvalue weighted by Gasteiger charge is 2.28. The molecule has 2 aromatic rings. The SMILES string of the molecule is CC1CN(CC2CCN(C(=O)CCc3nc(-c4ccc(Cl)cc4)no3)CC2)CC(C)O1. The number of aromatic nitrogens is 2. The number of rotatable bonds is 6. The zero-order valence-electron chi connectivity index (χ0n) is 18.3. The van der Waals surface area contributed by atoms with Gasteiger partial charge in [0.1, 0.15) is 0 Å². The molecule has 2 atom stereocenters. The Bertz CT molecular complexity index is 854. The van der Waals surface area contributed by atoms with E-state index in [1.54, 1.807) is 12.1 Å². The smallest absolute Gasteiger partial charge is 0.227 e. The number of hydrogen-bond acceptors (Lipinski definition) is 6. The van der Waals surface area contributed by atoms with Gasteiger partial charge in [0.15, 0.2) is 0 Å². The molecule has 2 aliphatic rings. The van der Waals surface area contributed by atoms with Crippen molar-refractivity contribution in [2.24, 2.45) is 5.92 Å². The number of nitrogens with zero attached hydrogens (tertiary/aromatic N) is 4. The topological polar surface area (TPSA) is 71.7 Å². The molecule has 0 aliphatic carbocycles. The van der Waals surface area contributed by atoms with Crippen molar-refractivity contribution >= 4 is 17.5 Å². The Labute approximate surface area is 188 Å². The number of aryl methyl sites for hydroxylation is 1. The van der Waals surface area contributed by atoms with Crippen molar-refractivity contribution in [1.82, 2.24) is 19.9 Å². The molecule has 8 heteroatoms. The molecule has 0 saturated carbocycles. The quantitative estimate of drug-likeness (QED) is 0.674. The highest BCUT2D eigenvalue weighted by atomic mass is 35.5. The highest BCUT2D eigenvalue weighted by molar-refractivity contribution is 6.30. The maximum atomic E-state index is 12.7. The van der Waals surface area contributed by atoms with Crippen LogP contribution in [-0.4, -0.2) is 70.8 Å². The van der Waals surface area contributed by atoms with Gasteiger partial charge in [0.2, 0.25) is 17.6 Å². The number of carbonyl (C=O) groups excluding carboxylic acids is 1. The molecule has 7 nitrogen and oxygen atoms in total. The Morgan fingerprint density at radius 1 is 1.13 bits per heavy atom. The van der Waals surface area contributed by atoms with Crippen LogP contribution in [0.25, 0.3) is 11.4 Å². The van der Waals surface area contributed by atoms with Crippen LogP contribution >= 0.6 is 11.6 Å². The first-order valence-corrected chi connectivity index (χ1v) is 11.6. The molecule has 2 fully saturated rings. The van der Waals surface area contributed by atoms with Crippen molar-refractivity contribution in [3.8, 4) is 11.4 Å². The minimum Gasteiger partial charge on any atom is -0.373 e. The van der Waals surface area contributed by atoms with Gasteiger partial charge >= 0.3 is 0 Å². The Balaban J connectivity index is 1.20. The second kappa shape index (κ2) is 10.1. The molecular weight excluding hydrogens is 416 g/mol. The van der Waals surface area contributed by atoms with Crippen molar-refractivity contribution in [3.05, 3.63) is 35.2 Å². The van der Waals surface area contributed by atoms with E-state index >= 15 is 0 Å². The molecule has 2 unspecified atom stereocenters. The van der Waals surface area contributed by atoms with Crippen LogP contribution in [0.3, 0.4) is 0 Å². The number of benzene rings is 1. The lowest BCUT2D eigenvalue weighted by Gasteiger charge is -2.39. The summed E-state index contributed by atoms with van der Waals surface area (Å²) in [6.45, 7) is 9.07. The normalized spacial score (nSPS) is 23.3. The highest BCUT2D eigenvalue weighted by Crippen LogP contribution is 2.22. The van der Waals surface area contributed by atoms with Crippen LogP contribution in [0.4, 0.5) is 0 Å². The summed E-state index contributed by atoms with van der Waals surface area (Å²) in [4.78, 5) is 21.6. The van der Waals surface area contributed by atoms with Gasteiger partial charge in [-0.05, 0) is 56.9 Å². The van der Waals surface area contributed by atoms with Crippen molar-refractivity contribution < 1.29 is 14.1 Å². The fraction of sp³-hybridized carbons (Fsp3) is 0.609. The third kappa shape index (κ3) is 6.05. The third-order valence-corrected chi connectivity index (χ3v) is 6.35. The van der Waals surface area contributed by atoms with Crippen molar-refractivity contribution in [2.75, 3.05) is 32.7 Å². The summed E-state index contributed by atoms with van der Waals surface area (Å²) in [5, 5.41) is 4.68. The molecule has 2 aliphatic heterocycles. The second-order valence-corrected chi connectivity index (χ2v) is 9.26. The summed E-state index contributed by atoms with van der Waals surface area (Å²) in [6.07, 6.45) is 3.58. The number of hydrogen-bond donors (Lipinski definition) is 0. The summed E-state index contributed by atoms with van der Waals surface area (Å²) >= 11 is 5.92. The Morgan fingerprint density at radius 3 is 2.48 bits per heavy atom. The monoisotopic (exact) mass is 446 g/mol. The van der Waals surface area contributed by atoms with Crippen molar-refractivity contribution in [3.63, 3.8) is 0 Å². The van der Waals surface area contributed by atoms with Gasteiger partial charge in [0.05, 0.1) is 12.2 Å². The Morgan fingerprint density at radius 2 is 1.81 bits per heavy atom. The van der Waals surface area contributed by atoms with E-state index in [0.29, 0.717) is 47.7 Å². The lowest BCUT2D eigenvalue weighted by molar-refractivity contribution is -0.132. The summed E-state index contributed by atoms with van der Waals surface area (Å²) in [5.74, 6) is 1.83. The molecule has 3 heterocycles. The minimum absolute atomic E-state index is 0.165. The zero-order valence-corrected chi connectivity index (χ0v) is 19.1. The zero-order chi connectivity index (χ0) is 21.8. The summed E-state index contributed by atoms with van der Waals surface area (Å²) in [6, 6.07) is 7.29. The van der Waals surface area contributed by atoms with Gasteiger partial charge in [-0.1, -0.05) is 16.8 Å². The number of carbonyl (C=O) groups is 1. The van der Waals surface area contributed by atoms with Gasteiger partial charge in [-0.3, -0.25) is 9.69 Å². The Hall–Kier alpha value is -1.96. The lowest BCUT2D eigenvalue weighted by Crippen LogP contribution is -2.48. The summed E-state index contributed by atoms with van der Waals surface area (Å²) in [7, 11) is 0. The van der Waals surface area contributed by atoms with Gasteiger partial charge in [-0.15, -0.1) is 0 Å². The molecule has 0 radical (unpaired) electrons. The number of amides is 1. The van der Waals surface area contributed by atoms with Crippen LogP contribution < -0.4 is 0 Å². The molecule has 2 saturated heterocycles. The van der Waals surface area contributed by atoms with E-state index in [4.69, 9.17) is 20.9 Å². The number of likely N-dealkylation sites (tertiary alicyclic amines) is 1. The van der Waals surface area contributed by atoms with Gasteiger partial charge in [0, 0.05) is 56.2 Å².